The lowest BCUT2D eigenvalue weighted by molar-refractivity contribution is 0.351. The second kappa shape index (κ2) is 5.41. The van der Waals surface area contributed by atoms with Crippen molar-refractivity contribution >= 4 is 22.6 Å². The van der Waals surface area contributed by atoms with Gasteiger partial charge in [0.05, 0.1) is 18.5 Å². The number of ether oxygens (including phenoxy) is 1. The van der Waals surface area contributed by atoms with Gasteiger partial charge >= 0.3 is 0 Å². The fraction of sp³-hybridized carbons (Fsp3) is 0.533. The lowest BCUT2D eigenvalue weighted by atomic mass is 9.92. The molecule has 0 radical (unpaired) electrons. The molecule has 2 aromatic rings. The van der Waals surface area contributed by atoms with Crippen molar-refractivity contribution in [2.24, 2.45) is 5.41 Å². The first-order valence-electron chi connectivity index (χ1n) is 6.54. The number of fused-ring (bicyclic) bond motifs is 1. The summed E-state index contributed by atoms with van der Waals surface area (Å²) in [4.78, 5) is 4.61. The van der Waals surface area contributed by atoms with Gasteiger partial charge in [-0.2, -0.15) is 0 Å². The van der Waals surface area contributed by atoms with E-state index < -0.39 is 0 Å². The number of hydrogen-bond acceptors (Lipinski definition) is 2. The largest absolute Gasteiger partial charge is 0.494 e. The molecule has 0 amide bonds. The van der Waals surface area contributed by atoms with E-state index in [-0.39, 0.29) is 0 Å². The van der Waals surface area contributed by atoms with Crippen LogP contribution in [0.25, 0.3) is 11.0 Å². The van der Waals surface area contributed by atoms with Gasteiger partial charge in [-0.05, 0) is 24.0 Å². The molecular weight excluding hydrogens is 260 g/mol. The van der Waals surface area contributed by atoms with Crippen LogP contribution in [0, 0.1) is 5.41 Å². The van der Waals surface area contributed by atoms with Gasteiger partial charge in [-0.3, -0.25) is 0 Å². The number of methoxy groups -OCH3 is 1. The molecule has 2 rings (SSSR count). The molecule has 0 fully saturated rings. The number of imidazole rings is 1. The molecular formula is C15H21ClN2O. The van der Waals surface area contributed by atoms with Crippen LogP contribution < -0.4 is 4.74 Å². The zero-order valence-corrected chi connectivity index (χ0v) is 12.8. The summed E-state index contributed by atoms with van der Waals surface area (Å²) in [5.41, 5.74) is 2.28. The second-order valence-corrected chi connectivity index (χ2v) is 6.22. The molecule has 3 nitrogen and oxygen atoms in total. The Morgan fingerprint density at radius 2 is 2.05 bits per heavy atom. The highest BCUT2D eigenvalue weighted by Crippen LogP contribution is 2.28. The molecule has 104 valence electrons. The maximum absolute atomic E-state index is 6.02. The van der Waals surface area contributed by atoms with E-state index >= 15 is 0 Å². The fourth-order valence-corrected chi connectivity index (χ4v) is 2.34. The molecule has 0 aliphatic heterocycles. The minimum Gasteiger partial charge on any atom is -0.494 e. The standard InChI is InChI=1S/C15H21ClN2O/c1-15(2,3)8-9-18-11-6-5-7-12(19-4)14(11)17-13(18)10-16/h5-7H,8-10H2,1-4H3. The third kappa shape index (κ3) is 3.03. The number of rotatable bonds is 4. The Morgan fingerprint density at radius 1 is 1.32 bits per heavy atom. The van der Waals surface area contributed by atoms with Crippen molar-refractivity contribution in [3.05, 3.63) is 24.0 Å². The summed E-state index contributed by atoms with van der Waals surface area (Å²) in [6.45, 7) is 7.66. The summed E-state index contributed by atoms with van der Waals surface area (Å²) in [5, 5.41) is 0. The molecule has 0 aliphatic rings. The van der Waals surface area contributed by atoms with Crippen LogP contribution >= 0.6 is 11.6 Å². The first kappa shape index (κ1) is 14.2. The lowest BCUT2D eigenvalue weighted by Gasteiger charge is -2.19. The van der Waals surface area contributed by atoms with Gasteiger partial charge in [0.2, 0.25) is 0 Å². The number of nitrogens with zero attached hydrogens (tertiary/aromatic N) is 2. The molecule has 4 heteroatoms. The molecule has 0 aliphatic carbocycles. The van der Waals surface area contributed by atoms with Gasteiger partial charge in [0.1, 0.15) is 17.1 Å². The van der Waals surface area contributed by atoms with Crippen molar-refractivity contribution in [2.45, 2.75) is 39.6 Å². The van der Waals surface area contributed by atoms with Crippen molar-refractivity contribution in [2.75, 3.05) is 7.11 Å². The van der Waals surface area contributed by atoms with E-state index in [9.17, 15) is 0 Å². The molecule has 0 saturated carbocycles. The van der Waals surface area contributed by atoms with Gasteiger partial charge in [-0.25, -0.2) is 4.98 Å². The van der Waals surface area contributed by atoms with Gasteiger partial charge in [0.25, 0.3) is 0 Å². The Morgan fingerprint density at radius 3 is 2.63 bits per heavy atom. The first-order valence-corrected chi connectivity index (χ1v) is 7.08. The topological polar surface area (TPSA) is 27.1 Å². The Kier molecular flexibility index (Phi) is 4.04. The summed E-state index contributed by atoms with van der Waals surface area (Å²) >= 11 is 6.02. The molecule has 1 aromatic carbocycles. The second-order valence-electron chi connectivity index (χ2n) is 5.95. The first-order chi connectivity index (χ1) is 8.96. The summed E-state index contributed by atoms with van der Waals surface area (Å²) in [7, 11) is 1.67. The fourth-order valence-electron chi connectivity index (χ4n) is 2.13. The molecule has 0 bridgehead atoms. The zero-order valence-electron chi connectivity index (χ0n) is 12.0. The Labute approximate surface area is 119 Å². The van der Waals surface area contributed by atoms with E-state index in [1.807, 2.05) is 12.1 Å². The van der Waals surface area contributed by atoms with Crippen molar-refractivity contribution in [1.82, 2.24) is 9.55 Å². The average molecular weight is 281 g/mol. The molecule has 1 heterocycles. The van der Waals surface area contributed by atoms with E-state index in [0.29, 0.717) is 11.3 Å². The van der Waals surface area contributed by atoms with Crippen LogP contribution in [0.4, 0.5) is 0 Å². The Hall–Kier alpha value is -1.22. The van der Waals surface area contributed by atoms with E-state index in [4.69, 9.17) is 16.3 Å². The Bertz CT molecular complexity index is 569. The quantitative estimate of drug-likeness (QED) is 0.784. The predicted molar refractivity (Wildman–Crippen MR) is 79.9 cm³/mol. The molecule has 0 N–H and O–H groups in total. The highest BCUT2D eigenvalue weighted by Gasteiger charge is 2.16. The van der Waals surface area contributed by atoms with Crippen molar-refractivity contribution < 1.29 is 4.74 Å². The molecule has 19 heavy (non-hydrogen) atoms. The van der Waals surface area contributed by atoms with Crippen LogP contribution in [0.1, 0.15) is 33.0 Å². The number of alkyl halides is 1. The molecule has 1 aromatic heterocycles. The molecule has 0 unspecified atom stereocenters. The SMILES string of the molecule is COc1cccc2c1nc(CCl)n2CCC(C)(C)C. The van der Waals surface area contributed by atoms with Crippen LogP contribution in [0.15, 0.2) is 18.2 Å². The summed E-state index contributed by atoms with van der Waals surface area (Å²) in [6, 6.07) is 6.00. The monoisotopic (exact) mass is 280 g/mol. The van der Waals surface area contributed by atoms with Gasteiger partial charge in [0.15, 0.2) is 0 Å². The van der Waals surface area contributed by atoms with Crippen LogP contribution in [-0.2, 0) is 12.4 Å². The number of hydrogen-bond donors (Lipinski definition) is 0. The maximum atomic E-state index is 6.02. The number of aryl methyl sites for hydroxylation is 1. The smallest absolute Gasteiger partial charge is 0.146 e. The zero-order chi connectivity index (χ0) is 14.0. The van der Waals surface area contributed by atoms with E-state index in [1.54, 1.807) is 7.11 Å². The molecule has 0 spiro atoms. The van der Waals surface area contributed by atoms with E-state index in [2.05, 4.69) is 36.4 Å². The maximum Gasteiger partial charge on any atom is 0.146 e. The minimum atomic E-state index is 0.291. The van der Waals surface area contributed by atoms with Gasteiger partial charge < -0.3 is 9.30 Å². The van der Waals surface area contributed by atoms with E-state index in [0.717, 1.165) is 35.6 Å². The van der Waals surface area contributed by atoms with Crippen LogP contribution in [0.5, 0.6) is 5.75 Å². The average Bonchev–Trinajstić information content (AvgIpc) is 2.73. The predicted octanol–water partition coefficient (Wildman–Crippen LogP) is 4.22. The normalized spacial score (nSPS) is 12.1. The van der Waals surface area contributed by atoms with Gasteiger partial charge in [-0.1, -0.05) is 26.8 Å². The molecule has 0 saturated heterocycles. The van der Waals surface area contributed by atoms with Gasteiger partial charge in [0, 0.05) is 6.54 Å². The van der Waals surface area contributed by atoms with Crippen LogP contribution in [-0.4, -0.2) is 16.7 Å². The minimum absolute atomic E-state index is 0.291. The van der Waals surface area contributed by atoms with Crippen LogP contribution in [0.3, 0.4) is 0 Å². The summed E-state index contributed by atoms with van der Waals surface area (Å²) < 4.78 is 7.57. The van der Waals surface area contributed by atoms with Crippen molar-refractivity contribution in [3.63, 3.8) is 0 Å². The highest BCUT2D eigenvalue weighted by molar-refractivity contribution is 6.16. The van der Waals surface area contributed by atoms with Crippen LogP contribution in [0.2, 0.25) is 0 Å². The number of halogens is 1. The van der Waals surface area contributed by atoms with Crippen molar-refractivity contribution in [3.8, 4) is 5.75 Å². The number of para-hydroxylation sites is 1. The lowest BCUT2D eigenvalue weighted by Crippen LogP contribution is -2.11. The summed E-state index contributed by atoms with van der Waals surface area (Å²) in [6.07, 6.45) is 1.08. The third-order valence-electron chi connectivity index (χ3n) is 3.25. The Balaban J connectivity index is 2.46. The van der Waals surface area contributed by atoms with Crippen molar-refractivity contribution in [1.29, 1.82) is 0 Å². The number of benzene rings is 1. The number of aromatic nitrogens is 2. The third-order valence-corrected chi connectivity index (χ3v) is 3.48. The summed E-state index contributed by atoms with van der Waals surface area (Å²) in [5.74, 6) is 2.13. The van der Waals surface area contributed by atoms with Gasteiger partial charge in [-0.15, -0.1) is 11.6 Å². The van der Waals surface area contributed by atoms with E-state index in [1.165, 1.54) is 0 Å². The molecule has 0 atom stereocenters. The highest BCUT2D eigenvalue weighted by atomic mass is 35.5.